The Kier molecular flexibility index (Phi) is 5.94. The van der Waals surface area contributed by atoms with Crippen molar-refractivity contribution in [3.8, 4) is 28.4 Å². The first kappa shape index (κ1) is 26.3. The lowest BCUT2D eigenvalue weighted by Crippen LogP contribution is -2.35. The molecule has 5 aromatic rings. The molecule has 1 aliphatic heterocycles. The predicted octanol–water partition coefficient (Wildman–Crippen LogP) is 8.56. The van der Waals surface area contributed by atoms with Crippen LogP contribution in [0.15, 0.2) is 91.0 Å². The predicted molar refractivity (Wildman–Crippen MR) is 165 cm³/mol. The maximum absolute atomic E-state index is 10.5. The molecule has 0 bridgehead atoms. The van der Waals surface area contributed by atoms with Gasteiger partial charge in [0.2, 0.25) is 0 Å². The minimum Gasteiger partial charge on any atom is -0.497 e. The minimum absolute atomic E-state index is 0.745. The summed E-state index contributed by atoms with van der Waals surface area (Å²) in [5.41, 5.74) is 6.97. The van der Waals surface area contributed by atoms with E-state index in [2.05, 4.69) is 62.4 Å². The largest absolute Gasteiger partial charge is 0.497 e. The molecular formula is C37H32O5. The van der Waals surface area contributed by atoms with Gasteiger partial charge in [0, 0.05) is 27.6 Å². The Labute approximate surface area is 245 Å². The molecule has 1 unspecified atom stereocenters. The van der Waals surface area contributed by atoms with E-state index in [0.717, 1.165) is 78.1 Å². The van der Waals surface area contributed by atoms with Gasteiger partial charge in [-0.2, -0.15) is 0 Å². The van der Waals surface area contributed by atoms with Crippen molar-refractivity contribution in [2.75, 3.05) is 14.2 Å². The highest BCUT2D eigenvalue weighted by Gasteiger charge is 2.47. The number of fused-ring (bicyclic) bond motifs is 8. The molecule has 0 fully saturated rings. The first-order valence-electron chi connectivity index (χ1n) is 14.0. The zero-order valence-corrected chi connectivity index (χ0v) is 24.3. The topological polar surface area (TPSA) is 57.2 Å². The van der Waals surface area contributed by atoms with Gasteiger partial charge in [0.25, 0.3) is 0 Å². The molecule has 7 rings (SSSR count). The van der Waals surface area contributed by atoms with E-state index in [-0.39, 0.29) is 0 Å². The maximum Gasteiger partial charge on any atom is 0.178 e. The fraction of sp³-hybridized carbons (Fsp3) is 0.189. The molecule has 210 valence electrons. The summed E-state index contributed by atoms with van der Waals surface area (Å²) in [5.74, 6) is 2.28. The molecule has 1 aliphatic carbocycles. The van der Waals surface area contributed by atoms with Crippen LogP contribution >= 0.6 is 0 Å². The molecule has 5 nitrogen and oxygen atoms in total. The molecule has 42 heavy (non-hydrogen) atoms. The lowest BCUT2D eigenvalue weighted by molar-refractivity contribution is -0.308. The van der Waals surface area contributed by atoms with E-state index < -0.39 is 11.2 Å². The zero-order valence-electron chi connectivity index (χ0n) is 24.3. The smallest absolute Gasteiger partial charge is 0.178 e. The SMILES string of the molecule is COc1ccc(C2(c3ccc(OC)cc3)C=Cc3c4c(c5ccc(C)cc5c3O2)-c2ccc(C)cc2C4(C)OO)cc1. The second kappa shape index (κ2) is 9.48. The lowest BCUT2D eigenvalue weighted by atomic mass is 9.80. The minimum atomic E-state index is -1.08. The average molecular weight is 557 g/mol. The number of hydrogen-bond donors (Lipinski definition) is 1. The van der Waals surface area contributed by atoms with Crippen LogP contribution in [0.2, 0.25) is 0 Å². The molecule has 0 amide bonds. The Balaban J connectivity index is 1.55. The van der Waals surface area contributed by atoms with Gasteiger partial charge in [-0.05, 0) is 79.3 Å². The molecule has 5 heteroatoms. The molecule has 0 saturated heterocycles. The van der Waals surface area contributed by atoms with Gasteiger partial charge in [0.15, 0.2) is 11.2 Å². The quantitative estimate of drug-likeness (QED) is 0.174. The third-order valence-corrected chi connectivity index (χ3v) is 8.86. The van der Waals surface area contributed by atoms with Crippen molar-refractivity contribution in [1.82, 2.24) is 0 Å². The standard InChI is InChI=1S/C37H32O5/c1-22-6-16-28-31(20-22)35-30(34-33(28)29-17-7-23(2)21-32(29)36(34,3)42-38)18-19-37(41-35,24-8-12-26(39-4)13-9-24)25-10-14-27(40-5)15-11-25/h6-21,38H,1-5H3. The van der Waals surface area contributed by atoms with Gasteiger partial charge >= 0.3 is 0 Å². The average Bonchev–Trinajstić information content (AvgIpc) is 3.29. The van der Waals surface area contributed by atoms with Crippen molar-refractivity contribution in [3.05, 3.63) is 130 Å². The summed E-state index contributed by atoms with van der Waals surface area (Å²) in [6, 6.07) is 28.8. The van der Waals surface area contributed by atoms with E-state index in [1.54, 1.807) is 14.2 Å². The van der Waals surface area contributed by atoms with E-state index in [1.807, 2.05) is 55.5 Å². The Morgan fingerprint density at radius 1 is 0.714 bits per heavy atom. The zero-order chi connectivity index (χ0) is 29.2. The molecule has 1 atom stereocenters. The molecule has 0 aromatic heterocycles. The van der Waals surface area contributed by atoms with Gasteiger partial charge in [-0.15, -0.1) is 0 Å². The molecule has 5 aromatic carbocycles. The maximum atomic E-state index is 10.5. The third-order valence-electron chi connectivity index (χ3n) is 8.86. The van der Waals surface area contributed by atoms with E-state index in [9.17, 15) is 5.26 Å². The Morgan fingerprint density at radius 2 is 1.31 bits per heavy atom. The van der Waals surface area contributed by atoms with Crippen LogP contribution in [0.4, 0.5) is 0 Å². The monoisotopic (exact) mass is 556 g/mol. The molecular weight excluding hydrogens is 524 g/mol. The second-order valence-electron chi connectivity index (χ2n) is 11.3. The Morgan fingerprint density at radius 3 is 1.90 bits per heavy atom. The fourth-order valence-corrected chi connectivity index (χ4v) is 6.69. The number of benzene rings is 5. The van der Waals surface area contributed by atoms with Crippen molar-refractivity contribution in [1.29, 1.82) is 0 Å². The van der Waals surface area contributed by atoms with E-state index in [0.29, 0.717) is 0 Å². The highest BCUT2D eigenvalue weighted by molar-refractivity contribution is 6.08. The first-order chi connectivity index (χ1) is 20.3. The summed E-state index contributed by atoms with van der Waals surface area (Å²) in [5, 5.41) is 12.6. The van der Waals surface area contributed by atoms with Crippen LogP contribution in [0.5, 0.6) is 17.2 Å². The van der Waals surface area contributed by atoms with Crippen LogP contribution in [-0.2, 0) is 16.1 Å². The second-order valence-corrected chi connectivity index (χ2v) is 11.3. The Bertz CT molecular complexity index is 1840. The van der Waals surface area contributed by atoms with Crippen LogP contribution in [0, 0.1) is 13.8 Å². The van der Waals surface area contributed by atoms with E-state index in [4.69, 9.17) is 19.1 Å². The lowest BCUT2D eigenvalue weighted by Gasteiger charge is -2.38. The van der Waals surface area contributed by atoms with Crippen molar-refractivity contribution in [3.63, 3.8) is 0 Å². The molecule has 1 N–H and O–H groups in total. The Hall–Kier alpha value is -4.58. The van der Waals surface area contributed by atoms with Crippen molar-refractivity contribution < 1.29 is 24.4 Å². The van der Waals surface area contributed by atoms with Crippen LogP contribution in [0.3, 0.4) is 0 Å². The molecule has 2 aliphatic rings. The fourth-order valence-electron chi connectivity index (χ4n) is 6.69. The summed E-state index contributed by atoms with van der Waals surface area (Å²) in [7, 11) is 3.33. The summed E-state index contributed by atoms with van der Waals surface area (Å²) in [6.07, 6.45) is 4.23. The van der Waals surface area contributed by atoms with Crippen LogP contribution in [-0.4, -0.2) is 19.5 Å². The summed E-state index contributed by atoms with van der Waals surface area (Å²) in [4.78, 5) is 5.40. The number of ether oxygens (including phenoxy) is 3. The van der Waals surface area contributed by atoms with Crippen LogP contribution < -0.4 is 14.2 Å². The molecule has 1 heterocycles. The highest BCUT2D eigenvalue weighted by atomic mass is 17.1. The van der Waals surface area contributed by atoms with E-state index in [1.165, 1.54) is 0 Å². The van der Waals surface area contributed by atoms with Gasteiger partial charge in [-0.1, -0.05) is 71.8 Å². The van der Waals surface area contributed by atoms with Crippen molar-refractivity contribution >= 4 is 16.8 Å². The first-order valence-corrected chi connectivity index (χ1v) is 14.0. The number of hydrogen-bond acceptors (Lipinski definition) is 5. The summed E-state index contributed by atoms with van der Waals surface area (Å²) < 4.78 is 18.2. The van der Waals surface area contributed by atoms with Gasteiger partial charge in [0.1, 0.15) is 17.2 Å². The highest BCUT2D eigenvalue weighted by Crippen LogP contribution is 2.58. The van der Waals surface area contributed by atoms with Gasteiger partial charge < -0.3 is 14.2 Å². The molecule has 0 spiro atoms. The number of aryl methyl sites for hydroxylation is 2. The van der Waals surface area contributed by atoms with Gasteiger partial charge in [0.05, 0.1) is 14.2 Å². The molecule has 0 radical (unpaired) electrons. The summed E-state index contributed by atoms with van der Waals surface area (Å²) in [6.45, 7) is 6.08. The summed E-state index contributed by atoms with van der Waals surface area (Å²) >= 11 is 0. The van der Waals surface area contributed by atoms with Crippen LogP contribution in [0.25, 0.3) is 28.0 Å². The van der Waals surface area contributed by atoms with Crippen LogP contribution in [0.1, 0.15) is 45.9 Å². The normalized spacial score (nSPS) is 17.8. The number of rotatable bonds is 5. The number of methoxy groups -OCH3 is 2. The van der Waals surface area contributed by atoms with Crippen molar-refractivity contribution in [2.24, 2.45) is 0 Å². The van der Waals surface area contributed by atoms with Gasteiger partial charge in [-0.25, -0.2) is 4.89 Å². The third kappa shape index (κ3) is 3.64. The molecule has 0 saturated carbocycles. The van der Waals surface area contributed by atoms with E-state index >= 15 is 0 Å². The van der Waals surface area contributed by atoms with Crippen molar-refractivity contribution in [2.45, 2.75) is 32.0 Å². The van der Waals surface area contributed by atoms with Gasteiger partial charge in [-0.3, -0.25) is 5.26 Å².